The number of fused-ring (bicyclic) bond motifs is 1. The lowest BCUT2D eigenvalue weighted by atomic mass is 9.82. The number of hydrogen-bond donors (Lipinski definition) is 1. The Labute approximate surface area is 133 Å². The molecule has 0 bridgehead atoms. The predicted molar refractivity (Wildman–Crippen MR) is 87.5 cm³/mol. The van der Waals surface area contributed by atoms with Gasteiger partial charge in [-0.25, -0.2) is 0 Å². The highest BCUT2D eigenvalue weighted by atomic mass is 79.9. The summed E-state index contributed by atoms with van der Waals surface area (Å²) in [5.41, 5.74) is 1.79. The van der Waals surface area contributed by atoms with E-state index in [2.05, 4.69) is 35.0 Å². The van der Waals surface area contributed by atoms with Gasteiger partial charge < -0.3 is 9.84 Å². The maximum Gasteiger partial charge on any atom is 0.126 e. The summed E-state index contributed by atoms with van der Waals surface area (Å²) in [6.07, 6.45) is 1.84. The third-order valence-corrected chi connectivity index (χ3v) is 4.73. The van der Waals surface area contributed by atoms with E-state index in [4.69, 9.17) is 4.74 Å². The number of halogens is 1. The second kappa shape index (κ2) is 5.82. The van der Waals surface area contributed by atoms with E-state index in [0.717, 1.165) is 28.6 Å². The number of ether oxygens (including phenoxy) is 1. The van der Waals surface area contributed by atoms with Crippen molar-refractivity contribution in [1.29, 1.82) is 0 Å². The van der Waals surface area contributed by atoms with Crippen molar-refractivity contribution in [3.05, 3.63) is 64.1 Å². The number of hydrogen-bond acceptors (Lipinski definition) is 2. The van der Waals surface area contributed by atoms with Gasteiger partial charge in [-0.3, -0.25) is 0 Å². The van der Waals surface area contributed by atoms with Gasteiger partial charge in [0.2, 0.25) is 0 Å². The number of benzene rings is 2. The zero-order valence-corrected chi connectivity index (χ0v) is 13.6. The van der Waals surface area contributed by atoms with Gasteiger partial charge in [0.05, 0.1) is 6.10 Å². The largest absolute Gasteiger partial charge is 0.486 e. The van der Waals surface area contributed by atoms with E-state index in [1.807, 2.05) is 36.4 Å². The molecule has 0 aromatic heterocycles. The summed E-state index contributed by atoms with van der Waals surface area (Å²) in [7, 11) is 0. The Morgan fingerprint density at radius 3 is 2.71 bits per heavy atom. The van der Waals surface area contributed by atoms with Crippen LogP contribution in [0.3, 0.4) is 0 Å². The lowest BCUT2D eigenvalue weighted by Gasteiger charge is -2.40. The predicted octanol–water partition coefficient (Wildman–Crippen LogP) is 4.66. The molecule has 110 valence electrons. The van der Waals surface area contributed by atoms with E-state index in [1.165, 1.54) is 5.56 Å². The van der Waals surface area contributed by atoms with Gasteiger partial charge >= 0.3 is 0 Å². The molecule has 0 saturated carbocycles. The Morgan fingerprint density at radius 2 is 2.00 bits per heavy atom. The van der Waals surface area contributed by atoms with Crippen LogP contribution >= 0.6 is 15.9 Å². The summed E-state index contributed by atoms with van der Waals surface area (Å²) in [5, 5.41) is 10.5. The Kier molecular flexibility index (Phi) is 4.05. The van der Waals surface area contributed by atoms with Crippen molar-refractivity contribution in [2.45, 2.75) is 37.9 Å². The van der Waals surface area contributed by atoms with Crippen LogP contribution in [0.4, 0.5) is 0 Å². The molecule has 1 aliphatic rings. The smallest absolute Gasteiger partial charge is 0.126 e. The van der Waals surface area contributed by atoms with Crippen molar-refractivity contribution in [2.24, 2.45) is 0 Å². The van der Waals surface area contributed by atoms with E-state index < -0.39 is 6.10 Å². The van der Waals surface area contributed by atoms with Crippen LogP contribution in [-0.4, -0.2) is 10.7 Å². The first-order chi connectivity index (χ1) is 10.1. The average molecular weight is 347 g/mol. The van der Waals surface area contributed by atoms with E-state index in [9.17, 15) is 5.11 Å². The maximum absolute atomic E-state index is 10.5. The minimum absolute atomic E-state index is 0.332. The van der Waals surface area contributed by atoms with Crippen LogP contribution in [-0.2, 0) is 6.42 Å². The van der Waals surface area contributed by atoms with E-state index in [-0.39, 0.29) is 5.60 Å². The lowest BCUT2D eigenvalue weighted by Crippen LogP contribution is -2.42. The third-order valence-electron chi connectivity index (χ3n) is 4.24. The van der Waals surface area contributed by atoms with Gasteiger partial charge in [-0.05, 0) is 30.2 Å². The van der Waals surface area contributed by atoms with Gasteiger partial charge in [-0.2, -0.15) is 0 Å². The molecular formula is C18H19BrO2. The summed E-state index contributed by atoms with van der Waals surface area (Å²) >= 11 is 3.45. The molecular weight excluding hydrogens is 328 g/mol. The highest BCUT2D eigenvalue weighted by molar-refractivity contribution is 9.10. The molecule has 2 aromatic rings. The van der Waals surface area contributed by atoms with Crippen LogP contribution in [0.5, 0.6) is 5.75 Å². The first-order valence-electron chi connectivity index (χ1n) is 7.32. The van der Waals surface area contributed by atoms with Crippen molar-refractivity contribution in [3.63, 3.8) is 0 Å². The molecule has 0 fully saturated rings. The Balaban J connectivity index is 1.92. The highest BCUT2D eigenvalue weighted by Crippen LogP contribution is 2.43. The molecule has 0 radical (unpaired) electrons. The molecule has 21 heavy (non-hydrogen) atoms. The molecule has 2 atom stereocenters. The molecule has 2 nitrogen and oxygen atoms in total. The quantitative estimate of drug-likeness (QED) is 0.875. The molecule has 1 heterocycles. The van der Waals surface area contributed by atoms with Crippen LogP contribution in [0.2, 0.25) is 0 Å². The fourth-order valence-corrected chi connectivity index (χ4v) is 3.41. The third kappa shape index (κ3) is 2.99. The van der Waals surface area contributed by atoms with Crippen molar-refractivity contribution in [3.8, 4) is 5.75 Å². The monoisotopic (exact) mass is 346 g/mol. The Bertz CT molecular complexity index is 626. The normalized spacial score (nSPS) is 24.2. The molecule has 1 N–H and O–H groups in total. The van der Waals surface area contributed by atoms with Crippen LogP contribution in [0, 0.1) is 0 Å². The summed E-state index contributed by atoms with van der Waals surface area (Å²) in [4.78, 5) is 0. The number of aliphatic hydroxyl groups excluding tert-OH is 1. The first-order valence-corrected chi connectivity index (χ1v) is 8.12. The van der Waals surface area contributed by atoms with Crippen LogP contribution in [0.1, 0.15) is 37.0 Å². The highest BCUT2D eigenvalue weighted by Gasteiger charge is 2.39. The van der Waals surface area contributed by atoms with Crippen molar-refractivity contribution in [2.75, 3.05) is 0 Å². The molecule has 0 aliphatic carbocycles. The molecule has 3 heteroatoms. The number of rotatable bonds is 3. The second-order valence-electron chi connectivity index (χ2n) is 5.70. The van der Waals surface area contributed by atoms with E-state index in [0.29, 0.717) is 6.42 Å². The summed E-state index contributed by atoms with van der Waals surface area (Å²) < 4.78 is 7.29. The minimum Gasteiger partial charge on any atom is -0.486 e. The fourth-order valence-electron chi connectivity index (χ4n) is 3.03. The summed E-state index contributed by atoms with van der Waals surface area (Å²) in [5.74, 6) is 0.801. The van der Waals surface area contributed by atoms with Gasteiger partial charge in [0, 0.05) is 22.9 Å². The molecule has 0 amide bonds. The zero-order valence-electron chi connectivity index (χ0n) is 12.1. The van der Waals surface area contributed by atoms with Crippen LogP contribution < -0.4 is 4.74 Å². The fraction of sp³-hybridized carbons (Fsp3) is 0.333. The lowest BCUT2D eigenvalue weighted by molar-refractivity contribution is -0.0168. The van der Waals surface area contributed by atoms with Gasteiger partial charge in [-0.1, -0.05) is 53.2 Å². The zero-order chi connectivity index (χ0) is 14.9. The van der Waals surface area contributed by atoms with Gasteiger partial charge in [0.25, 0.3) is 0 Å². The van der Waals surface area contributed by atoms with Crippen LogP contribution in [0.25, 0.3) is 0 Å². The topological polar surface area (TPSA) is 29.5 Å². The van der Waals surface area contributed by atoms with Crippen molar-refractivity contribution in [1.82, 2.24) is 0 Å². The SMILES string of the molecule is CCC1(Cc2ccccc2)C[C@@H](O)c2cc(Br)ccc2O1. The van der Waals surface area contributed by atoms with Crippen molar-refractivity contribution >= 4 is 15.9 Å². The van der Waals surface area contributed by atoms with E-state index >= 15 is 0 Å². The average Bonchev–Trinajstić information content (AvgIpc) is 2.49. The molecule has 3 rings (SSSR count). The Morgan fingerprint density at radius 1 is 1.24 bits per heavy atom. The standard InChI is InChI=1S/C18H19BrO2/c1-2-18(11-13-6-4-3-5-7-13)12-16(20)15-10-14(19)8-9-17(15)21-18/h3-10,16,20H,2,11-12H2,1H3/t16-,18?/m1/s1. The molecule has 2 aromatic carbocycles. The van der Waals surface area contributed by atoms with Gasteiger partial charge in [0.15, 0.2) is 0 Å². The van der Waals surface area contributed by atoms with Gasteiger partial charge in [0.1, 0.15) is 11.4 Å². The van der Waals surface area contributed by atoms with E-state index in [1.54, 1.807) is 0 Å². The first kappa shape index (κ1) is 14.6. The maximum atomic E-state index is 10.5. The molecule has 1 aliphatic heterocycles. The molecule has 0 spiro atoms. The summed E-state index contributed by atoms with van der Waals surface area (Å²) in [6.45, 7) is 2.12. The summed E-state index contributed by atoms with van der Waals surface area (Å²) in [6, 6.07) is 16.2. The van der Waals surface area contributed by atoms with Crippen molar-refractivity contribution < 1.29 is 9.84 Å². The minimum atomic E-state index is -0.477. The van der Waals surface area contributed by atoms with Crippen LogP contribution in [0.15, 0.2) is 53.0 Å². The molecule has 0 saturated heterocycles. The second-order valence-corrected chi connectivity index (χ2v) is 6.62. The number of aliphatic hydroxyl groups is 1. The molecule has 1 unspecified atom stereocenters. The van der Waals surface area contributed by atoms with Gasteiger partial charge in [-0.15, -0.1) is 0 Å². The Hall–Kier alpha value is -1.32.